The molecule has 3 heterocycles. The molecule has 1 atom stereocenters. The van der Waals surface area contributed by atoms with Crippen molar-refractivity contribution in [2.24, 2.45) is 0 Å². The maximum Gasteiger partial charge on any atom is 0.332 e. The van der Waals surface area contributed by atoms with Crippen molar-refractivity contribution in [3.63, 3.8) is 0 Å². The lowest BCUT2D eigenvalue weighted by Gasteiger charge is -2.30. The van der Waals surface area contributed by atoms with Crippen LogP contribution in [0.1, 0.15) is 26.2 Å². The normalized spacial score (nSPS) is 17.6. The molecule has 150 valence electrons. The molecule has 0 aliphatic carbocycles. The molecule has 3 rings (SSSR count). The van der Waals surface area contributed by atoms with E-state index in [2.05, 4.69) is 9.71 Å². The molecule has 28 heavy (non-hydrogen) atoms. The van der Waals surface area contributed by atoms with Gasteiger partial charge in [0.15, 0.2) is 0 Å². The van der Waals surface area contributed by atoms with Crippen LogP contribution in [0.2, 0.25) is 4.34 Å². The summed E-state index contributed by atoms with van der Waals surface area (Å²) in [6.45, 7) is 1.85. The average Bonchev–Trinajstić information content (AvgIpc) is 3.11. The van der Waals surface area contributed by atoms with Gasteiger partial charge >= 0.3 is 5.97 Å². The van der Waals surface area contributed by atoms with E-state index in [0.29, 0.717) is 22.9 Å². The smallest absolute Gasteiger partial charge is 0.332 e. The van der Waals surface area contributed by atoms with E-state index in [1.807, 2.05) is 0 Å². The lowest BCUT2D eigenvalue weighted by Crippen LogP contribution is -2.52. The van der Waals surface area contributed by atoms with Crippen LogP contribution in [0, 0.1) is 0 Å². The zero-order valence-corrected chi connectivity index (χ0v) is 17.3. The first kappa shape index (κ1) is 20.7. The summed E-state index contributed by atoms with van der Waals surface area (Å²) in [5.74, 6) is -1.14. The first-order valence-electron chi connectivity index (χ1n) is 8.56. The van der Waals surface area contributed by atoms with Crippen LogP contribution in [0.25, 0.3) is 10.6 Å². The van der Waals surface area contributed by atoms with Crippen molar-refractivity contribution in [2.75, 3.05) is 6.54 Å². The van der Waals surface area contributed by atoms with Gasteiger partial charge in [0.25, 0.3) is 5.91 Å². The number of hydrogen-bond donors (Lipinski definition) is 1. The molecule has 2 aromatic rings. The highest BCUT2D eigenvalue weighted by atomic mass is 35.5. The van der Waals surface area contributed by atoms with Crippen molar-refractivity contribution in [2.45, 2.75) is 37.1 Å². The summed E-state index contributed by atoms with van der Waals surface area (Å²) in [6.07, 6.45) is 2.17. The minimum Gasteiger partial charge on any atom is -0.338 e. The number of carbonyl (C=O) groups is 2. The fraction of sp³-hybridized carbons (Fsp3) is 0.353. The number of hydrogen-bond acceptors (Lipinski definition) is 7. The van der Waals surface area contributed by atoms with E-state index in [1.165, 1.54) is 23.6 Å². The number of thiophene rings is 1. The Bertz CT molecular complexity index is 975. The van der Waals surface area contributed by atoms with E-state index in [-0.39, 0.29) is 17.9 Å². The van der Waals surface area contributed by atoms with Crippen LogP contribution in [-0.4, -0.2) is 42.9 Å². The first-order valence-corrected chi connectivity index (χ1v) is 11.2. The number of carbonyl (C=O) groups excluding carboxylic acids is 2. The van der Waals surface area contributed by atoms with E-state index < -0.39 is 27.9 Å². The summed E-state index contributed by atoms with van der Waals surface area (Å²) in [7, 11) is -3.97. The molecule has 1 aliphatic rings. The third kappa shape index (κ3) is 4.69. The van der Waals surface area contributed by atoms with Gasteiger partial charge in [0.2, 0.25) is 10.0 Å². The third-order valence-corrected chi connectivity index (χ3v) is 6.78. The van der Waals surface area contributed by atoms with Gasteiger partial charge in [0.1, 0.15) is 10.9 Å². The minimum absolute atomic E-state index is 0.0608. The topological polar surface area (TPSA) is 106 Å². The van der Waals surface area contributed by atoms with Crippen molar-refractivity contribution < 1.29 is 22.8 Å². The minimum atomic E-state index is -3.97. The molecular formula is C17H18ClN3O5S2. The quantitative estimate of drug-likeness (QED) is 0.735. The Morgan fingerprint density at radius 2 is 2.18 bits per heavy atom. The zero-order valence-electron chi connectivity index (χ0n) is 14.9. The fourth-order valence-corrected chi connectivity index (χ4v) is 4.81. The largest absolute Gasteiger partial charge is 0.338 e. The van der Waals surface area contributed by atoms with Gasteiger partial charge in [0, 0.05) is 12.6 Å². The second-order valence-corrected chi connectivity index (χ2v) is 9.49. The number of amides is 1. The number of nitrogens with one attached hydrogen (secondary N) is 1. The van der Waals surface area contributed by atoms with Crippen LogP contribution < -0.4 is 4.72 Å². The summed E-state index contributed by atoms with van der Waals surface area (Å²) in [4.78, 5) is 33.7. The van der Waals surface area contributed by atoms with Crippen molar-refractivity contribution in [3.8, 4) is 10.6 Å². The Morgan fingerprint density at radius 1 is 1.39 bits per heavy atom. The Labute approximate surface area is 171 Å². The predicted molar refractivity (Wildman–Crippen MR) is 104 cm³/mol. The third-order valence-electron chi connectivity index (χ3n) is 4.07. The molecular weight excluding hydrogens is 426 g/mol. The van der Waals surface area contributed by atoms with Gasteiger partial charge in [-0.25, -0.2) is 13.2 Å². The monoisotopic (exact) mass is 443 g/mol. The number of aromatic nitrogens is 1. The highest BCUT2D eigenvalue weighted by Gasteiger charge is 2.34. The lowest BCUT2D eigenvalue weighted by atomic mass is 10.1. The molecule has 1 aliphatic heterocycles. The van der Waals surface area contributed by atoms with E-state index in [4.69, 9.17) is 16.4 Å². The molecule has 1 N–H and O–H groups in total. The van der Waals surface area contributed by atoms with E-state index in [0.717, 1.165) is 9.94 Å². The van der Waals surface area contributed by atoms with Crippen LogP contribution in [0.3, 0.4) is 0 Å². The van der Waals surface area contributed by atoms with Gasteiger partial charge in [-0.1, -0.05) is 18.5 Å². The number of pyridine rings is 1. The molecule has 0 aromatic carbocycles. The molecule has 1 fully saturated rings. The van der Waals surface area contributed by atoms with Gasteiger partial charge < -0.3 is 4.84 Å². The van der Waals surface area contributed by atoms with Gasteiger partial charge in [-0.3, -0.25) is 9.78 Å². The van der Waals surface area contributed by atoms with Crippen molar-refractivity contribution in [1.29, 1.82) is 0 Å². The molecule has 11 heteroatoms. The fourth-order valence-electron chi connectivity index (χ4n) is 2.63. The van der Waals surface area contributed by atoms with E-state index in [1.54, 1.807) is 25.1 Å². The predicted octanol–water partition coefficient (Wildman–Crippen LogP) is 2.60. The maximum atomic E-state index is 12.6. The van der Waals surface area contributed by atoms with Crippen LogP contribution in [0.4, 0.5) is 0 Å². The number of halogens is 1. The first-order chi connectivity index (χ1) is 13.3. The molecule has 0 saturated carbocycles. The van der Waals surface area contributed by atoms with Gasteiger partial charge in [-0.2, -0.15) is 9.79 Å². The molecule has 0 radical (unpaired) electrons. The van der Waals surface area contributed by atoms with E-state index in [9.17, 15) is 18.0 Å². The highest BCUT2D eigenvalue weighted by Crippen LogP contribution is 2.30. The molecule has 1 amide bonds. The summed E-state index contributed by atoms with van der Waals surface area (Å²) >= 11 is 7.24. The number of rotatable bonds is 6. The average molecular weight is 444 g/mol. The Balaban J connectivity index is 1.72. The number of sulfonamides is 1. The maximum absolute atomic E-state index is 12.6. The summed E-state index contributed by atoms with van der Waals surface area (Å²) < 4.78 is 28.3. The molecule has 0 bridgehead atoms. The highest BCUT2D eigenvalue weighted by molar-refractivity contribution is 7.89. The lowest BCUT2D eigenvalue weighted by molar-refractivity contribution is -0.202. The summed E-state index contributed by atoms with van der Waals surface area (Å²) in [6, 6.07) is 5.53. The van der Waals surface area contributed by atoms with Crippen LogP contribution >= 0.6 is 22.9 Å². The number of hydroxylamine groups is 2. The van der Waals surface area contributed by atoms with Crippen molar-refractivity contribution in [3.05, 3.63) is 34.8 Å². The molecule has 8 nitrogen and oxygen atoms in total. The standard InChI is InChI=1S/C17H18ClN3O5S2/c1-2-16(22)26-21-9-3-4-13(17(21)23)20-28(24,25)11-5-6-12(19-10-11)14-7-8-15(18)27-14/h5-8,10,13,20H,2-4,9H2,1H3/t13-/m0/s1. The van der Waals surface area contributed by atoms with E-state index >= 15 is 0 Å². The second kappa shape index (κ2) is 8.56. The molecule has 0 unspecified atom stereocenters. The number of piperidine rings is 1. The zero-order chi connectivity index (χ0) is 20.3. The van der Waals surface area contributed by atoms with Crippen LogP contribution in [-0.2, 0) is 24.4 Å². The van der Waals surface area contributed by atoms with Gasteiger partial charge in [-0.15, -0.1) is 11.3 Å². The summed E-state index contributed by atoms with van der Waals surface area (Å²) in [5.41, 5.74) is 0.599. The second-order valence-electron chi connectivity index (χ2n) is 6.06. The molecule has 1 saturated heterocycles. The van der Waals surface area contributed by atoms with Gasteiger partial charge in [-0.05, 0) is 37.1 Å². The van der Waals surface area contributed by atoms with Gasteiger partial charge in [0.05, 0.1) is 21.5 Å². The SMILES string of the molecule is CCC(=O)ON1CCC[C@H](NS(=O)(=O)c2ccc(-c3ccc(Cl)s3)nc2)C1=O. The number of nitrogens with zero attached hydrogens (tertiary/aromatic N) is 2. The molecule has 2 aromatic heterocycles. The Hall–Kier alpha value is -2.01. The van der Waals surface area contributed by atoms with Crippen LogP contribution in [0.5, 0.6) is 0 Å². The van der Waals surface area contributed by atoms with Crippen molar-refractivity contribution in [1.82, 2.24) is 14.8 Å². The molecule has 0 spiro atoms. The summed E-state index contributed by atoms with van der Waals surface area (Å²) in [5, 5.41) is 0.921. The Morgan fingerprint density at radius 3 is 2.79 bits per heavy atom. The van der Waals surface area contributed by atoms with Crippen molar-refractivity contribution >= 4 is 44.8 Å². The Kier molecular flexibility index (Phi) is 6.33. The van der Waals surface area contributed by atoms with Crippen LogP contribution in [0.15, 0.2) is 35.4 Å².